The average Bonchev–Trinajstić information content (AvgIpc) is 2.61. The molecule has 0 aromatic carbocycles. The fourth-order valence-corrected chi connectivity index (χ4v) is 2.23. The summed E-state index contributed by atoms with van der Waals surface area (Å²) in [6.07, 6.45) is 3.33. The van der Waals surface area contributed by atoms with Crippen LogP contribution in [0.3, 0.4) is 0 Å². The molecule has 1 aliphatic heterocycles. The SMILES string of the molecule is CCCNC(C)(CN1CCCC1C)C(=O)O. The zero-order valence-corrected chi connectivity index (χ0v) is 10.6. The fourth-order valence-electron chi connectivity index (χ4n) is 2.23. The molecule has 0 radical (unpaired) electrons. The molecule has 1 aliphatic rings. The van der Waals surface area contributed by atoms with Crippen molar-refractivity contribution >= 4 is 5.97 Å². The molecule has 4 nitrogen and oxygen atoms in total. The van der Waals surface area contributed by atoms with Crippen LogP contribution in [-0.4, -0.2) is 47.2 Å². The highest BCUT2D eigenvalue weighted by Crippen LogP contribution is 2.19. The van der Waals surface area contributed by atoms with Crippen molar-refractivity contribution in [3.05, 3.63) is 0 Å². The van der Waals surface area contributed by atoms with Gasteiger partial charge in [0, 0.05) is 12.6 Å². The van der Waals surface area contributed by atoms with Crippen LogP contribution in [0.15, 0.2) is 0 Å². The van der Waals surface area contributed by atoms with Crippen molar-refractivity contribution < 1.29 is 9.90 Å². The van der Waals surface area contributed by atoms with E-state index >= 15 is 0 Å². The summed E-state index contributed by atoms with van der Waals surface area (Å²) in [5.74, 6) is -0.750. The van der Waals surface area contributed by atoms with E-state index in [0.29, 0.717) is 12.6 Å². The molecule has 0 aromatic rings. The highest BCUT2D eigenvalue weighted by molar-refractivity contribution is 5.78. The van der Waals surface area contributed by atoms with Gasteiger partial charge in [-0.05, 0) is 46.2 Å². The molecule has 4 heteroatoms. The number of carbonyl (C=O) groups is 1. The van der Waals surface area contributed by atoms with Crippen LogP contribution in [0, 0.1) is 0 Å². The normalized spacial score (nSPS) is 25.6. The van der Waals surface area contributed by atoms with Gasteiger partial charge in [-0.2, -0.15) is 0 Å². The predicted octanol–water partition coefficient (Wildman–Crippen LogP) is 1.31. The van der Waals surface area contributed by atoms with Gasteiger partial charge in [-0.25, -0.2) is 0 Å². The van der Waals surface area contributed by atoms with Gasteiger partial charge in [0.15, 0.2) is 0 Å². The maximum atomic E-state index is 11.3. The van der Waals surface area contributed by atoms with Crippen LogP contribution in [0.25, 0.3) is 0 Å². The first kappa shape index (κ1) is 13.5. The number of carboxylic acid groups (broad SMARTS) is 1. The second-order valence-electron chi connectivity index (χ2n) is 5.03. The molecule has 1 heterocycles. The number of carboxylic acids is 1. The zero-order valence-electron chi connectivity index (χ0n) is 10.6. The van der Waals surface area contributed by atoms with E-state index in [1.807, 2.05) is 6.92 Å². The molecular weight excluding hydrogens is 204 g/mol. The van der Waals surface area contributed by atoms with Crippen molar-refractivity contribution in [3.8, 4) is 0 Å². The molecule has 1 saturated heterocycles. The lowest BCUT2D eigenvalue weighted by atomic mass is 10.0. The molecule has 2 N–H and O–H groups in total. The van der Waals surface area contributed by atoms with Crippen molar-refractivity contribution in [2.24, 2.45) is 0 Å². The van der Waals surface area contributed by atoms with Crippen LogP contribution in [0.4, 0.5) is 0 Å². The Bertz CT molecular complexity index is 245. The molecule has 0 spiro atoms. The number of nitrogens with one attached hydrogen (secondary N) is 1. The standard InChI is InChI=1S/C12H24N2O2/c1-4-7-13-12(3,11(15)16)9-14-8-5-6-10(14)2/h10,13H,4-9H2,1-3H3,(H,15,16). The third kappa shape index (κ3) is 3.19. The first-order valence-electron chi connectivity index (χ1n) is 6.22. The van der Waals surface area contributed by atoms with Crippen LogP contribution < -0.4 is 5.32 Å². The Balaban J connectivity index is 2.59. The van der Waals surface area contributed by atoms with E-state index in [4.69, 9.17) is 0 Å². The molecule has 2 atom stereocenters. The summed E-state index contributed by atoms with van der Waals surface area (Å²) in [6.45, 7) is 8.39. The Morgan fingerprint density at radius 3 is 2.75 bits per heavy atom. The summed E-state index contributed by atoms with van der Waals surface area (Å²) < 4.78 is 0. The zero-order chi connectivity index (χ0) is 12.2. The van der Waals surface area contributed by atoms with Crippen LogP contribution in [0.2, 0.25) is 0 Å². The van der Waals surface area contributed by atoms with Gasteiger partial charge in [0.2, 0.25) is 0 Å². The summed E-state index contributed by atoms with van der Waals surface area (Å²) in [5.41, 5.74) is -0.811. The molecule has 1 fully saturated rings. The van der Waals surface area contributed by atoms with Crippen molar-refractivity contribution in [1.29, 1.82) is 0 Å². The third-order valence-corrected chi connectivity index (χ3v) is 3.45. The Morgan fingerprint density at radius 2 is 2.31 bits per heavy atom. The molecule has 0 aromatic heterocycles. The fraction of sp³-hybridized carbons (Fsp3) is 0.917. The van der Waals surface area contributed by atoms with Gasteiger partial charge in [-0.15, -0.1) is 0 Å². The summed E-state index contributed by atoms with van der Waals surface area (Å²) in [4.78, 5) is 13.6. The number of rotatable bonds is 6. The number of aliphatic carboxylic acids is 1. The summed E-state index contributed by atoms with van der Waals surface area (Å²) in [6, 6.07) is 0.516. The summed E-state index contributed by atoms with van der Waals surface area (Å²) in [5, 5.41) is 12.5. The molecule has 1 rings (SSSR count). The van der Waals surface area contributed by atoms with Crippen LogP contribution in [0.5, 0.6) is 0 Å². The molecular formula is C12H24N2O2. The third-order valence-electron chi connectivity index (χ3n) is 3.45. The Labute approximate surface area is 98.0 Å². The lowest BCUT2D eigenvalue weighted by Crippen LogP contribution is -2.57. The van der Waals surface area contributed by atoms with E-state index < -0.39 is 11.5 Å². The van der Waals surface area contributed by atoms with Gasteiger partial charge in [-0.3, -0.25) is 9.69 Å². The van der Waals surface area contributed by atoms with Crippen molar-refractivity contribution in [2.45, 2.75) is 51.6 Å². The number of likely N-dealkylation sites (tertiary alicyclic amines) is 1. The van der Waals surface area contributed by atoms with Gasteiger partial charge >= 0.3 is 5.97 Å². The Morgan fingerprint density at radius 1 is 1.62 bits per heavy atom. The minimum atomic E-state index is -0.811. The molecule has 2 unspecified atom stereocenters. The van der Waals surface area contributed by atoms with Crippen LogP contribution >= 0.6 is 0 Å². The smallest absolute Gasteiger partial charge is 0.324 e. The molecule has 94 valence electrons. The topological polar surface area (TPSA) is 52.6 Å². The van der Waals surface area contributed by atoms with E-state index in [2.05, 4.69) is 17.1 Å². The van der Waals surface area contributed by atoms with E-state index in [0.717, 1.165) is 19.5 Å². The van der Waals surface area contributed by atoms with Gasteiger partial charge < -0.3 is 10.4 Å². The minimum absolute atomic E-state index is 0.516. The first-order valence-corrected chi connectivity index (χ1v) is 6.22. The van der Waals surface area contributed by atoms with Crippen LogP contribution in [-0.2, 0) is 4.79 Å². The van der Waals surface area contributed by atoms with Crippen molar-refractivity contribution in [1.82, 2.24) is 10.2 Å². The maximum Gasteiger partial charge on any atom is 0.324 e. The van der Waals surface area contributed by atoms with Crippen LogP contribution in [0.1, 0.15) is 40.0 Å². The molecule has 0 saturated carbocycles. The van der Waals surface area contributed by atoms with Gasteiger partial charge in [0.05, 0.1) is 0 Å². The maximum absolute atomic E-state index is 11.3. The minimum Gasteiger partial charge on any atom is -0.480 e. The van der Waals surface area contributed by atoms with E-state index in [1.54, 1.807) is 6.92 Å². The van der Waals surface area contributed by atoms with E-state index in [1.165, 1.54) is 12.8 Å². The monoisotopic (exact) mass is 228 g/mol. The summed E-state index contributed by atoms with van der Waals surface area (Å²) >= 11 is 0. The molecule has 0 amide bonds. The number of nitrogens with zero attached hydrogens (tertiary/aromatic N) is 1. The number of hydrogen-bond acceptors (Lipinski definition) is 3. The lowest BCUT2D eigenvalue weighted by molar-refractivity contribution is -0.145. The van der Waals surface area contributed by atoms with Gasteiger partial charge in [-0.1, -0.05) is 6.92 Å². The van der Waals surface area contributed by atoms with E-state index in [-0.39, 0.29) is 0 Å². The molecule has 16 heavy (non-hydrogen) atoms. The second kappa shape index (κ2) is 5.64. The van der Waals surface area contributed by atoms with Gasteiger partial charge in [0.1, 0.15) is 5.54 Å². The largest absolute Gasteiger partial charge is 0.480 e. The molecule has 0 aliphatic carbocycles. The highest BCUT2D eigenvalue weighted by atomic mass is 16.4. The van der Waals surface area contributed by atoms with Crippen molar-refractivity contribution in [2.75, 3.05) is 19.6 Å². The van der Waals surface area contributed by atoms with E-state index in [9.17, 15) is 9.90 Å². The molecule has 0 bridgehead atoms. The second-order valence-corrected chi connectivity index (χ2v) is 5.03. The summed E-state index contributed by atoms with van der Waals surface area (Å²) in [7, 11) is 0. The average molecular weight is 228 g/mol. The first-order chi connectivity index (χ1) is 7.49. The lowest BCUT2D eigenvalue weighted by Gasteiger charge is -2.33. The highest BCUT2D eigenvalue weighted by Gasteiger charge is 2.36. The Hall–Kier alpha value is -0.610. The Kier molecular flexibility index (Phi) is 4.74. The quantitative estimate of drug-likeness (QED) is 0.720. The van der Waals surface area contributed by atoms with Gasteiger partial charge in [0.25, 0.3) is 0 Å². The van der Waals surface area contributed by atoms with Crippen molar-refractivity contribution in [3.63, 3.8) is 0 Å². The number of hydrogen-bond donors (Lipinski definition) is 2. The predicted molar refractivity (Wildman–Crippen MR) is 64.6 cm³/mol.